The zero-order valence-corrected chi connectivity index (χ0v) is 9.33. The van der Waals surface area contributed by atoms with Crippen LogP contribution < -0.4 is 0 Å². The van der Waals surface area contributed by atoms with E-state index in [1.807, 2.05) is 24.3 Å². The highest BCUT2D eigenvalue weighted by Crippen LogP contribution is 2.12. The Kier molecular flexibility index (Phi) is 4.91. The van der Waals surface area contributed by atoms with E-state index in [0.29, 0.717) is 12.5 Å². The van der Waals surface area contributed by atoms with E-state index >= 15 is 0 Å². The summed E-state index contributed by atoms with van der Waals surface area (Å²) in [5, 5.41) is 0. The van der Waals surface area contributed by atoms with Gasteiger partial charge in [-0.25, -0.2) is 4.79 Å². The average molecular weight is 225 g/mol. The largest absolute Gasteiger partial charge is 0.463 e. The molecular formula is C12H13ClO2. The molecule has 0 heterocycles. The Balaban J connectivity index is 2.75. The smallest absolute Gasteiger partial charge is 0.330 e. The standard InChI is InChI=1S/C12H13ClO2/c1-2-15-12(14)8-7-10-5-3-4-6-11(10)9-13/h3-8H,2,9H2,1H3. The van der Waals surface area contributed by atoms with Crippen LogP contribution in [0.4, 0.5) is 0 Å². The second kappa shape index (κ2) is 6.25. The lowest BCUT2D eigenvalue weighted by Crippen LogP contribution is -1.98. The minimum absolute atomic E-state index is 0.332. The van der Waals surface area contributed by atoms with Crippen molar-refractivity contribution in [3.8, 4) is 0 Å². The molecule has 0 atom stereocenters. The predicted octanol–water partition coefficient (Wildman–Crippen LogP) is 3.00. The van der Waals surface area contributed by atoms with Gasteiger partial charge in [0.1, 0.15) is 0 Å². The van der Waals surface area contributed by atoms with Crippen molar-refractivity contribution >= 4 is 23.6 Å². The number of hydrogen-bond acceptors (Lipinski definition) is 2. The molecule has 0 aliphatic carbocycles. The fourth-order valence-corrected chi connectivity index (χ4v) is 1.41. The van der Waals surface area contributed by atoms with Crippen molar-refractivity contribution in [3.63, 3.8) is 0 Å². The highest BCUT2D eigenvalue weighted by molar-refractivity contribution is 6.17. The van der Waals surface area contributed by atoms with E-state index in [2.05, 4.69) is 0 Å². The zero-order valence-electron chi connectivity index (χ0n) is 8.57. The predicted molar refractivity (Wildman–Crippen MR) is 61.7 cm³/mol. The normalized spacial score (nSPS) is 10.5. The average Bonchev–Trinajstić information content (AvgIpc) is 2.27. The minimum atomic E-state index is -0.332. The molecule has 2 nitrogen and oxygen atoms in total. The summed E-state index contributed by atoms with van der Waals surface area (Å²) >= 11 is 5.76. The van der Waals surface area contributed by atoms with Crippen LogP contribution in [-0.4, -0.2) is 12.6 Å². The van der Waals surface area contributed by atoms with Gasteiger partial charge in [-0.05, 0) is 24.1 Å². The van der Waals surface area contributed by atoms with E-state index in [-0.39, 0.29) is 5.97 Å². The highest BCUT2D eigenvalue weighted by Gasteiger charge is 1.98. The van der Waals surface area contributed by atoms with Crippen LogP contribution in [0.2, 0.25) is 0 Å². The third-order valence-corrected chi connectivity index (χ3v) is 2.17. The van der Waals surface area contributed by atoms with Crippen LogP contribution in [0.1, 0.15) is 18.1 Å². The first kappa shape index (κ1) is 11.8. The summed E-state index contributed by atoms with van der Waals surface area (Å²) in [5.41, 5.74) is 1.94. The lowest BCUT2D eigenvalue weighted by Gasteiger charge is -2.00. The number of carbonyl (C=O) groups excluding carboxylic acids is 1. The number of esters is 1. The van der Waals surface area contributed by atoms with Gasteiger partial charge in [0.15, 0.2) is 0 Å². The molecule has 0 spiro atoms. The topological polar surface area (TPSA) is 26.3 Å². The maximum absolute atomic E-state index is 11.1. The summed E-state index contributed by atoms with van der Waals surface area (Å²) in [4.78, 5) is 11.1. The van der Waals surface area contributed by atoms with Crippen LogP contribution in [0, 0.1) is 0 Å². The molecule has 0 bridgehead atoms. The first-order valence-electron chi connectivity index (χ1n) is 4.76. The quantitative estimate of drug-likeness (QED) is 0.447. The number of hydrogen-bond donors (Lipinski definition) is 0. The molecule has 0 unspecified atom stereocenters. The second-order valence-corrected chi connectivity index (χ2v) is 3.19. The van der Waals surface area contributed by atoms with Crippen LogP contribution in [0.3, 0.4) is 0 Å². The molecule has 1 rings (SSSR count). The van der Waals surface area contributed by atoms with Gasteiger partial charge >= 0.3 is 5.97 Å². The number of benzene rings is 1. The molecule has 0 aromatic heterocycles. The van der Waals surface area contributed by atoms with Gasteiger partial charge in [-0.3, -0.25) is 0 Å². The molecule has 1 aromatic rings. The molecule has 0 radical (unpaired) electrons. The van der Waals surface area contributed by atoms with Crippen molar-refractivity contribution in [2.24, 2.45) is 0 Å². The van der Waals surface area contributed by atoms with Gasteiger partial charge in [0.25, 0.3) is 0 Å². The molecule has 0 aliphatic rings. The summed E-state index contributed by atoms with van der Waals surface area (Å²) in [5.74, 6) is 0.102. The van der Waals surface area contributed by atoms with Crippen molar-refractivity contribution in [2.75, 3.05) is 6.61 Å². The van der Waals surface area contributed by atoms with Crippen LogP contribution in [-0.2, 0) is 15.4 Å². The van der Waals surface area contributed by atoms with Crippen molar-refractivity contribution < 1.29 is 9.53 Å². The molecule has 0 N–H and O–H groups in total. The van der Waals surface area contributed by atoms with Gasteiger partial charge in [-0.15, -0.1) is 11.6 Å². The van der Waals surface area contributed by atoms with Crippen LogP contribution in [0.15, 0.2) is 30.3 Å². The van der Waals surface area contributed by atoms with E-state index in [1.165, 1.54) is 6.08 Å². The molecule has 0 fully saturated rings. The van der Waals surface area contributed by atoms with E-state index in [4.69, 9.17) is 16.3 Å². The first-order chi connectivity index (χ1) is 7.27. The zero-order chi connectivity index (χ0) is 11.1. The summed E-state index contributed by atoms with van der Waals surface area (Å²) in [6.07, 6.45) is 3.13. The van der Waals surface area contributed by atoms with Gasteiger partial charge in [-0.2, -0.15) is 0 Å². The van der Waals surface area contributed by atoms with Gasteiger partial charge in [0.05, 0.1) is 6.61 Å². The van der Waals surface area contributed by atoms with Gasteiger partial charge < -0.3 is 4.74 Å². The van der Waals surface area contributed by atoms with Crippen molar-refractivity contribution in [2.45, 2.75) is 12.8 Å². The van der Waals surface area contributed by atoms with Crippen LogP contribution in [0.25, 0.3) is 6.08 Å². The Bertz CT molecular complexity index is 358. The van der Waals surface area contributed by atoms with Crippen molar-refractivity contribution in [3.05, 3.63) is 41.5 Å². The van der Waals surface area contributed by atoms with E-state index in [1.54, 1.807) is 13.0 Å². The first-order valence-corrected chi connectivity index (χ1v) is 5.30. The number of ether oxygens (including phenoxy) is 1. The van der Waals surface area contributed by atoms with Crippen molar-refractivity contribution in [1.82, 2.24) is 0 Å². The highest BCUT2D eigenvalue weighted by atomic mass is 35.5. The Hall–Kier alpha value is -1.28. The molecule has 3 heteroatoms. The number of alkyl halides is 1. The summed E-state index contributed by atoms with van der Waals surface area (Å²) in [7, 11) is 0. The SMILES string of the molecule is CCOC(=O)C=Cc1ccccc1CCl. The fourth-order valence-electron chi connectivity index (χ4n) is 1.17. The Morgan fingerprint density at radius 3 is 2.87 bits per heavy atom. The molecule has 0 aliphatic heterocycles. The molecule has 0 saturated carbocycles. The molecule has 1 aromatic carbocycles. The molecule has 80 valence electrons. The maximum Gasteiger partial charge on any atom is 0.330 e. The molecule has 15 heavy (non-hydrogen) atoms. The van der Waals surface area contributed by atoms with Gasteiger partial charge in [-0.1, -0.05) is 24.3 Å². The van der Waals surface area contributed by atoms with Crippen LogP contribution in [0.5, 0.6) is 0 Å². The summed E-state index contributed by atoms with van der Waals surface area (Å²) < 4.78 is 4.78. The van der Waals surface area contributed by atoms with Crippen LogP contribution >= 0.6 is 11.6 Å². The molecule has 0 saturated heterocycles. The molecular weight excluding hydrogens is 212 g/mol. The maximum atomic E-state index is 11.1. The van der Waals surface area contributed by atoms with E-state index in [9.17, 15) is 4.79 Å². The minimum Gasteiger partial charge on any atom is -0.463 e. The van der Waals surface area contributed by atoms with Gasteiger partial charge in [0, 0.05) is 12.0 Å². The number of carbonyl (C=O) groups is 1. The van der Waals surface area contributed by atoms with E-state index < -0.39 is 0 Å². The second-order valence-electron chi connectivity index (χ2n) is 2.92. The summed E-state index contributed by atoms with van der Waals surface area (Å²) in [6.45, 7) is 2.17. The number of rotatable bonds is 4. The molecule has 0 amide bonds. The Morgan fingerprint density at radius 2 is 2.20 bits per heavy atom. The van der Waals surface area contributed by atoms with Gasteiger partial charge in [0.2, 0.25) is 0 Å². The Morgan fingerprint density at radius 1 is 1.47 bits per heavy atom. The third-order valence-electron chi connectivity index (χ3n) is 1.88. The lowest BCUT2D eigenvalue weighted by atomic mass is 10.1. The lowest BCUT2D eigenvalue weighted by molar-refractivity contribution is -0.137. The number of halogens is 1. The van der Waals surface area contributed by atoms with Crippen molar-refractivity contribution in [1.29, 1.82) is 0 Å². The fraction of sp³-hybridized carbons (Fsp3) is 0.250. The Labute approximate surface area is 94.5 Å². The van der Waals surface area contributed by atoms with E-state index in [0.717, 1.165) is 11.1 Å². The third kappa shape index (κ3) is 3.76. The summed E-state index contributed by atoms with van der Waals surface area (Å²) in [6, 6.07) is 7.66. The monoisotopic (exact) mass is 224 g/mol.